The normalized spacial score (nSPS) is 10.2. The fraction of sp³-hybridized carbons (Fsp3) is 0.714. The van der Waals surface area contributed by atoms with Crippen LogP contribution < -0.4 is 0 Å². The number of nitrogens with zero attached hydrogens (tertiary/aromatic N) is 1. The molecule has 4 nitrogen and oxygen atoms in total. The molecule has 0 aromatic rings. The maximum Gasteiger partial charge on any atom is 0.294 e. The molecule has 0 atom stereocenters. The average Bonchev–Trinajstić information content (AvgIpc) is 1.84. The minimum atomic E-state index is -1.77. The summed E-state index contributed by atoms with van der Waals surface area (Å²) in [7, 11) is -1.77. The zero-order valence-electron chi connectivity index (χ0n) is 7.59. The highest BCUT2D eigenvalue weighted by atomic mass is 28.4. The van der Waals surface area contributed by atoms with Crippen molar-refractivity contribution in [3.05, 3.63) is 0 Å². The van der Waals surface area contributed by atoms with Gasteiger partial charge >= 0.3 is 0 Å². The van der Waals surface area contributed by atoms with Gasteiger partial charge in [-0.05, 0) is 19.6 Å². The quantitative estimate of drug-likeness (QED) is 0.376. The molecule has 0 rings (SSSR count). The summed E-state index contributed by atoms with van der Waals surface area (Å²) in [4.78, 5) is 23.8. The first-order valence-electron chi connectivity index (χ1n) is 3.71. The summed E-state index contributed by atoms with van der Waals surface area (Å²) in [6.07, 6.45) is 1.53. The summed E-state index contributed by atoms with van der Waals surface area (Å²) in [5.41, 5.74) is 0. The van der Waals surface area contributed by atoms with E-state index in [0.717, 1.165) is 0 Å². The second-order valence-electron chi connectivity index (χ2n) is 3.31. The average molecular weight is 187 g/mol. The second kappa shape index (κ2) is 4.85. The summed E-state index contributed by atoms with van der Waals surface area (Å²) in [5, 5.41) is 0. The van der Waals surface area contributed by atoms with Crippen LogP contribution in [0.5, 0.6) is 0 Å². The highest BCUT2D eigenvalue weighted by Crippen LogP contribution is 2.03. The van der Waals surface area contributed by atoms with E-state index in [-0.39, 0.29) is 18.9 Å². The molecule has 0 aliphatic carbocycles. The van der Waals surface area contributed by atoms with Gasteiger partial charge in [-0.1, -0.05) is 0 Å². The lowest BCUT2D eigenvalue weighted by molar-refractivity contribution is -0.134. The van der Waals surface area contributed by atoms with Crippen molar-refractivity contribution in [2.45, 2.75) is 26.1 Å². The molecule has 0 aromatic carbocycles. The van der Waals surface area contributed by atoms with Gasteiger partial charge < -0.3 is 4.43 Å². The number of hydrogen-bond acceptors (Lipinski definition) is 4. The van der Waals surface area contributed by atoms with E-state index in [4.69, 9.17) is 4.43 Å². The highest BCUT2D eigenvalue weighted by molar-refractivity contribution is 6.71. The zero-order valence-corrected chi connectivity index (χ0v) is 8.59. The molecule has 0 N–H and O–H groups in total. The molecule has 0 aliphatic heterocycles. The number of isocyanates is 1. The summed E-state index contributed by atoms with van der Waals surface area (Å²) >= 11 is 0. The zero-order chi connectivity index (χ0) is 9.61. The molecule has 0 saturated heterocycles. The Morgan fingerprint density at radius 3 is 2.50 bits per heavy atom. The van der Waals surface area contributed by atoms with Crippen LogP contribution in [0.15, 0.2) is 4.99 Å². The molecule has 0 radical (unpaired) electrons. The van der Waals surface area contributed by atoms with Crippen molar-refractivity contribution in [1.82, 2.24) is 0 Å². The first kappa shape index (κ1) is 11.1. The van der Waals surface area contributed by atoms with E-state index in [1.54, 1.807) is 0 Å². The van der Waals surface area contributed by atoms with Crippen LogP contribution in [0.2, 0.25) is 19.6 Å². The largest absolute Gasteiger partial charge is 0.520 e. The lowest BCUT2D eigenvalue weighted by Gasteiger charge is -2.16. The summed E-state index contributed by atoms with van der Waals surface area (Å²) in [5.74, 6) is -0.284. The van der Waals surface area contributed by atoms with Crippen molar-refractivity contribution in [3.63, 3.8) is 0 Å². The molecule has 0 saturated carbocycles. The monoisotopic (exact) mass is 187 g/mol. The first-order valence-corrected chi connectivity index (χ1v) is 7.12. The third-order valence-electron chi connectivity index (χ3n) is 0.912. The van der Waals surface area contributed by atoms with Gasteiger partial charge in [0.25, 0.3) is 5.97 Å². The van der Waals surface area contributed by atoms with Crippen LogP contribution in [0.3, 0.4) is 0 Å². The van der Waals surface area contributed by atoms with Crippen LogP contribution >= 0.6 is 0 Å². The predicted octanol–water partition coefficient (Wildman–Crippen LogP) is 1.09. The van der Waals surface area contributed by atoms with E-state index in [0.29, 0.717) is 0 Å². The Kier molecular flexibility index (Phi) is 4.47. The molecule has 0 aliphatic rings. The van der Waals surface area contributed by atoms with Gasteiger partial charge in [0, 0.05) is 0 Å². The van der Waals surface area contributed by atoms with Crippen molar-refractivity contribution in [2.75, 3.05) is 6.54 Å². The van der Waals surface area contributed by atoms with Crippen LogP contribution in [0.4, 0.5) is 0 Å². The SMILES string of the molecule is C[Si](C)(C)OC(=O)CCN=C=O. The number of carbonyl (C=O) groups excluding carboxylic acids is 2. The lowest BCUT2D eigenvalue weighted by Crippen LogP contribution is -2.29. The van der Waals surface area contributed by atoms with Crippen LogP contribution in [0.1, 0.15) is 6.42 Å². The highest BCUT2D eigenvalue weighted by Gasteiger charge is 2.19. The Labute approximate surface area is 72.8 Å². The van der Waals surface area contributed by atoms with Crippen LogP contribution in [0, 0.1) is 0 Å². The van der Waals surface area contributed by atoms with Gasteiger partial charge in [0.2, 0.25) is 14.4 Å². The number of rotatable bonds is 4. The van der Waals surface area contributed by atoms with Gasteiger partial charge in [0.15, 0.2) is 0 Å². The van der Waals surface area contributed by atoms with E-state index in [9.17, 15) is 9.59 Å². The third kappa shape index (κ3) is 7.18. The van der Waals surface area contributed by atoms with Gasteiger partial charge in [-0.15, -0.1) is 0 Å². The second-order valence-corrected chi connectivity index (χ2v) is 7.74. The van der Waals surface area contributed by atoms with E-state index in [1.165, 1.54) is 6.08 Å². The first-order chi connectivity index (χ1) is 5.45. The fourth-order valence-electron chi connectivity index (χ4n) is 0.585. The molecule has 0 unspecified atom stereocenters. The smallest absolute Gasteiger partial charge is 0.294 e. The number of carbonyl (C=O) groups is 1. The molecule has 0 aromatic heterocycles. The Morgan fingerprint density at radius 2 is 2.08 bits per heavy atom. The van der Waals surface area contributed by atoms with Crippen molar-refractivity contribution in [2.24, 2.45) is 4.99 Å². The molecule has 0 fully saturated rings. The van der Waals surface area contributed by atoms with E-state index in [2.05, 4.69) is 4.99 Å². The molecule has 0 spiro atoms. The molecule has 68 valence electrons. The maximum atomic E-state index is 11.0. The van der Waals surface area contributed by atoms with E-state index >= 15 is 0 Å². The summed E-state index contributed by atoms with van der Waals surface area (Å²) < 4.78 is 5.09. The van der Waals surface area contributed by atoms with Crippen molar-refractivity contribution in [3.8, 4) is 0 Å². The molecule has 5 heteroatoms. The third-order valence-corrected chi connectivity index (χ3v) is 1.75. The molecule has 12 heavy (non-hydrogen) atoms. The minimum Gasteiger partial charge on any atom is -0.520 e. The van der Waals surface area contributed by atoms with Gasteiger partial charge in [-0.25, -0.2) is 9.79 Å². The molecular weight excluding hydrogens is 174 g/mol. The molecule has 0 heterocycles. The molecule has 0 bridgehead atoms. The maximum absolute atomic E-state index is 11.0. The Bertz CT molecular complexity index is 203. The Morgan fingerprint density at radius 1 is 1.50 bits per heavy atom. The van der Waals surface area contributed by atoms with Crippen LogP contribution in [-0.4, -0.2) is 26.9 Å². The minimum absolute atomic E-state index is 0.166. The Balaban J connectivity index is 3.68. The standard InChI is InChI=1S/C7H13NO3Si/c1-12(2,3)11-7(10)4-5-8-6-9/h4-5H2,1-3H3. The summed E-state index contributed by atoms with van der Waals surface area (Å²) in [6.45, 7) is 5.95. The van der Waals surface area contributed by atoms with Gasteiger partial charge in [0.1, 0.15) is 0 Å². The molecule has 0 amide bonds. The topological polar surface area (TPSA) is 55.7 Å². The van der Waals surface area contributed by atoms with Gasteiger partial charge in [0.05, 0.1) is 13.0 Å². The number of hydrogen-bond donors (Lipinski definition) is 0. The van der Waals surface area contributed by atoms with Gasteiger partial charge in [-0.3, -0.25) is 4.79 Å². The van der Waals surface area contributed by atoms with Gasteiger partial charge in [-0.2, -0.15) is 0 Å². The molecular formula is C7H13NO3Si. The predicted molar refractivity (Wildman–Crippen MR) is 47.0 cm³/mol. The Hall–Kier alpha value is -0.933. The van der Waals surface area contributed by atoms with E-state index < -0.39 is 8.32 Å². The van der Waals surface area contributed by atoms with Crippen molar-refractivity contribution >= 4 is 20.4 Å². The fourth-order valence-corrected chi connectivity index (χ4v) is 1.37. The lowest BCUT2D eigenvalue weighted by atomic mass is 10.4. The summed E-state index contributed by atoms with van der Waals surface area (Å²) in [6, 6.07) is 0. The van der Waals surface area contributed by atoms with Crippen LogP contribution in [-0.2, 0) is 14.0 Å². The van der Waals surface area contributed by atoms with E-state index in [1.807, 2.05) is 19.6 Å². The number of aliphatic imine (C=N–C) groups is 1. The van der Waals surface area contributed by atoms with Crippen LogP contribution in [0.25, 0.3) is 0 Å². The van der Waals surface area contributed by atoms with Crippen molar-refractivity contribution in [1.29, 1.82) is 0 Å². The van der Waals surface area contributed by atoms with Crippen molar-refractivity contribution < 1.29 is 14.0 Å².